The SMILES string of the molecule is CC(C)C/C=C/[C@@H](CO)[C@H]1C[C@H](O)[C@H]2[C@@H]3CC=C4[C@@H](O)[C@@H](O[C@@H]5O[C@H](CO)[C@@H](O[C@@H]6O[C@H](CO)[C@H](O)[C@H](O)[C@H]6O)[C@H](O[C@@H]6OC[C@@H](O)[C@@H](O)[C@@H]6O[C@@H]6O[C@H](CO)[C@H](O)[C@H](O)[C@H]6O)[C@H]5O)CC[C@]4(C)[C@H]3CC[C@@]21C. The standard InChI is InChI=1S/C50H82O23/c1-20(2)6-5-7-21(15-51)25-14-26(55)32-22-8-9-24-33(57)28(11-13-49(24,3)23(22)10-12-50(25,32)4)67-47-41(65)43(42(31(18-54)70-47)71-45-39(63)37(61)35(59)29(16-52)68-45)72-48-44(34(58)27(56)19-66-48)73-46-40(64)38(62)36(60)30(17-53)69-46/h5,7,9,20-23,25-48,51-65H,6,8,10-19H2,1-4H3/b7-5+/t21-,22+,23-,25+,26-,27+,28-,29+,30+,31+,32+,33+,34+,35-,36-,37-,38-,39+,40+,41+,42+,43+,44-,45-,46-,47+,48-,49+,50+/m0/s1. The molecule has 3 saturated carbocycles. The molecule has 0 aromatic rings. The molecule has 0 unspecified atom stereocenters. The lowest BCUT2D eigenvalue weighted by Gasteiger charge is -2.59. The van der Waals surface area contributed by atoms with Crippen molar-refractivity contribution < 1.29 is 114 Å². The molecule has 0 bridgehead atoms. The molecule has 15 N–H and O–H groups in total. The Balaban J connectivity index is 1.04. The minimum absolute atomic E-state index is 0.00289. The first-order valence-corrected chi connectivity index (χ1v) is 26.1. The second-order valence-electron chi connectivity index (χ2n) is 22.8. The number of allylic oxidation sites excluding steroid dienone is 2. The molecule has 7 fully saturated rings. The van der Waals surface area contributed by atoms with Gasteiger partial charge in [0.2, 0.25) is 0 Å². The topological polar surface area (TPSA) is 377 Å². The van der Waals surface area contributed by atoms with Crippen molar-refractivity contribution in [1.29, 1.82) is 0 Å². The van der Waals surface area contributed by atoms with Crippen molar-refractivity contribution in [3.05, 3.63) is 23.8 Å². The van der Waals surface area contributed by atoms with Gasteiger partial charge in [-0.1, -0.05) is 45.9 Å². The molecule has 0 aromatic carbocycles. The summed E-state index contributed by atoms with van der Waals surface area (Å²) in [4.78, 5) is 0. The molecule has 29 atom stereocenters. The highest BCUT2D eigenvalue weighted by molar-refractivity contribution is 5.30. The van der Waals surface area contributed by atoms with Gasteiger partial charge in [-0.3, -0.25) is 0 Å². The van der Waals surface area contributed by atoms with Gasteiger partial charge >= 0.3 is 0 Å². The van der Waals surface area contributed by atoms with E-state index in [1.807, 2.05) is 6.08 Å². The van der Waals surface area contributed by atoms with E-state index in [9.17, 15) is 76.6 Å². The molecule has 420 valence electrons. The molecule has 4 saturated heterocycles. The first kappa shape index (κ1) is 57.7. The van der Waals surface area contributed by atoms with E-state index in [4.69, 9.17) is 37.9 Å². The summed E-state index contributed by atoms with van der Waals surface area (Å²) in [6, 6.07) is 0. The maximum atomic E-state index is 12.3. The van der Waals surface area contributed by atoms with E-state index >= 15 is 0 Å². The Kier molecular flexibility index (Phi) is 18.6. The van der Waals surface area contributed by atoms with Gasteiger partial charge in [-0.2, -0.15) is 0 Å². The number of fused-ring (bicyclic) bond motifs is 5. The first-order chi connectivity index (χ1) is 34.6. The van der Waals surface area contributed by atoms with E-state index < -0.39 is 167 Å². The van der Waals surface area contributed by atoms with Crippen molar-refractivity contribution in [2.24, 2.45) is 46.3 Å². The van der Waals surface area contributed by atoms with Crippen molar-refractivity contribution in [1.82, 2.24) is 0 Å². The highest BCUT2D eigenvalue weighted by Crippen LogP contribution is 2.67. The van der Waals surface area contributed by atoms with Crippen LogP contribution in [0.5, 0.6) is 0 Å². The molecule has 8 rings (SSSR count). The van der Waals surface area contributed by atoms with Crippen LogP contribution in [0.15, 0.2) is 23.8 Å². The summed E-state index contributed by atoms with van der Waals surface area (Å²) in [7, 11) is 0. The molecule has 23 heteroatoms. The third-order valence-corrected chi connectivity index (χ3v) is 18.0. The molecule has 0 spiro atoms. The third kappa shape index (κ3) is 10.9. The number of ether oxygens (including phenoxy) is 8. The smallest absolute Gasteiger partial charge is 0.187 e. The highest BCUT2D eigenvalue weighted by Gasteiger charge is 2.64. The van der Waals surface area contributed by atoms with Crippen LogP contribution in [0.25, 0.3) is 0 Å². The Labute approximate surface area is 424 Å². The largest absolute Gasteiger partial charge is 0.396 e. The zero-order chi connectivity index (χ0) is 53.0. The summed E-state index contributed by atoms with van der Waals surface area (Å²) >= 11 is 0. The van der Waals surface area contributed by atoms with Gasteiger partial charge in [-0.05, 0) is 90.9 Å². The molecule has 0 radical (unpaired) electrons. The highest BCUT2D eigenvalue weighted by atomic mass is 16.8. The minimum atomic E-state index is -1.98. The maximum absolute atomic E-state index is 12.3. The summed E-state index contributed by atoms with van der Waals surface area (Å²) in [6.07, 6.45) is -25.8. The van der Waals surface area contributed by atoms with E-state index in [2.05, 4.69) is 39.8 Å². The lowest BCUT2D eigenvalue weighted by molar-refractivity contribution is -0.397. The number of hydrogen-bond donors (Lipinski definition) is 15. The molecule has 0 amide bonds. The van der Waals surface area contributed by atoms with Gasteiger partial charge in [-0.25, -0.2) is 0 Å². The van der Waals surface area contributed by atoms with Gasteiger partial charge < -0.3 is 114 Å². The fraction of sp³-hybridized carbons (Fsp3) is 0.920. The monoisotopic (exact) mass is 1050 g/mol. The zero-order valence-electron chi connectivity index (χ0n) is 41.9. The summed E-state index contributed by atoms with van der Waals surface area (Å²) in [6.45, 7) is 5.56. The van der Waals surface area contributed by atoms with Crippen LogP contribution in [0.4, 0.5) is 0 Å². The predicted molar refractivity (Wildman–Crippen MR) is 248 cm³/mol. The fourth-order valence-electron chi connectivity index (χ4n) is 14.0. The Morgan fingerprint density at radius 1 is 0.630 bits per heavy atom. The van der Waals surface area contributed by atoms with Crippen LogP contribution in [0.3, 0.4) is 0 Å². The Hall–Kier alpha value is -1.44. The number of aliphatic hydroxyl groups excluding tert-OH is 15. The fourth-order valence-corrected chi connectivity index (χ4v) is 14.0. The average Bonchev–Trinajstić information content (AvgIpc) is 3.64. The number of rotatable bonds is 16. The number of aliphatic hydroxyl groups is 15. The van der Waals surface area contributed by atoms with Gasteiger partial charge in [0.15, 0.2) is 25.2 Å². The van der Waals surface area contributed by atoms with Crippen molar-refractivity contribution >= 4 is 0 Å². The molecule has 4 aliphatic carbocycles. The first-order valence-electron chi connectivity index (χ1n) is 26.1. The average molecular weight is 1050 g/mol. The summed E-state index contributed by atoms with van der Waals surface area (Å²) in [5.74, 6) is 0.682. The molecule has 0 aromatic heterocycles. The normalized spacial score (nSPS) is 51.9. The summed E-state index contributed by atoms with van der Waals surface area (Å²) in [5, 5.41) is 163. The van der Waals surface area contributed by atoms with E-state index in [-0.39, 0.29) is 48.0 Å². The van der Waals surface area contributed by atoms with Crippen LogP contribution in [-0.2, 0) is 37.9 Å². The van der Waals surface area contributed by atoms with Crippen molar-refractivity contribution in [2.45, 2.75) is 208 Å². The molecule has 8 aliphatic rings. The molecular formula is C50H82O23. The Bertz CT molecular complexity index is 1860. The zero-order valence-corrected chi connectivity index (χ0v) is 41.9. The minimum Gasteiger partial charge on any atom is -0.396 e. The van der Waals surface area contributed by atoms with Crippen LogP contribution >= 0.6 is 0 Å². The van der Waals surface area contributed by atoms with E-state index in [0.717, 1.165) is 24.8 Å². The Morgan fingerprint density at radius 3 is 1.79 bits per heavy atom. The lowest BCUT2D eigenvalue weighted by atomic mass is 9.46. The van der Waals surface area contributed by atoms with Gasteiger partial charge in [0, 0.05) is 12.5 Å². The predicted octanol–water partition coefficient (Wildman–Crippen LogP) is -3.99. The van der Waals surface area contributed by atoms with Gasteiger partial charge in [-0.15, -0.1) is 0 Å². The van der Waals surface area contributed by atoms with Crippen molar-refractivity contribution in [3.63, 3.8) is 0 Å². The van der Waals surface area contributed by atoms with E-state index in [0.29, 0.717) is 25.2 Å². The van der Waals surface area contributed by atoms with Gasteiger partial charge in [0.1, 0.15) is 97.7 Å². The van der Waals surface area contributed by atoms with Crippen LogP contribution < -0.4 is 0 Å². The molecule has 23 nitrogen and oxygen atoms in total. The van der Waals surface area contributed by atoms with Crippen molar-refractivity contribution in [2.75, 3.05) is 33.0 Å². The van der Waals surface area contributed by atoms with Crippen LogP contribution in [0.2, 0.25) is 0 Å². The van der Waals surface area contributed by atoms with Gasteiger partial charge in [0.25, 0.3) is 0 Å². The molecular weight excluding hydrogens is 969 g/mol. The maximum Gasteiger partial charge on any atom is 0.187 e. The molecule has 4 aliphatic heterocycles. The van der Waals surface area contributed by atoms with Crippen molar-refractivity contribution in [3.8, 4) is 0 Å². The van der Waals surface area contributed by atoms with Crippen LogP contribution in [0.1, 0.15) is 72.6 Å². The van der Waals surface area contributed by atoms with E-state index in [1.165, 1.54) is 0 Å². The van der Waals surface area contributed by atoms with Gasteiger partial charge in [0.05, 0.1) is 38.6 Å². The van der Waals surface area contributed by atoms with Crippen LogP contribution in [0, 0.1) is 46.3 Å². The summed E-state index contributed by atoms with van der Waals surface area (Å²) < 4.78 is 47.7. The Morgan fingerprint density at radius 2 is 1.21 bits per heavy atom. The second-order valence-corrected chi connectivity index (χ2v) is 22.8. The van der Waals surface area contributed by atoms with Crippen LogP contribution in [-0.4, -0.2) is 245 Å². The molecule has 73 heavy (non-hydrogen) atoms. The third-order valence-electron chi connectivity index (χ3n) is 18.0. The quantitative estimate of drug-likeness (QED) is 0.0656. The number of hydrogen-bond acceptors (Lipinski definition) is 23. The lowest BCUT2D eigenvalue weighted by Crippen LogP contribution is -2.67. The second kappa shape index (κ2) is 23.5. The van der Waals surface area contributed by atoms with E-state index in [1.54, 1.807) is 0 Å². The molecule has 4 heterocycles. The summed E-state index contributed by atoms with van der Waals surface area (Å²) in [5.41, 5.74) is 0.0355.